The second-order valence-electron chi connectivity index (χ2n) is 4.95. The molecule has 1 aromatic carbocycles. The molecule has 0 atom stereocenters. The highest BCUT2D eigenvalue weighted by molar-refractivity contribution is 6.91. The minimum Gasteiger partial charge on any atom is -0.0985 e. The summed E-state index contributed by atoms with van der Waals surface area (Å²) in [6, 6.07) is 12.1. The summed E-state index contributed by atoms with van der Waals surface area (Å²) in [6.45, 7) is 6.35. The normalized spacial score (nSPS) is 19.8. The fraction of sp³-hybridized carbons (Fsp3) is 0.429. The van der Waals surface area contributed by atoms with Crippen molar-refractivity contribution < 1.29 is 0 Å². The summed E-state index contributed by atoms with van der Waals surface area (Å²) in [5, 5.41) is 1.65. The van der Waals surface area contributed by atoms with Crippen LogP contribution in [0.25, 0.3) is 6.08 Å². The fourth-order valence-corrected chi connectivity index (χ4v) is 6.50. The molecule has 1 heterocycles. The Bertz CT molecular complexity index is 331. The van der Waals surface area contributed by atoms with Gasteiger partial charge in [-0.3, -0.25) is 0 Å². The molecule has 1 aliphatic rings. The van der Waals surface area contributed by atoms with E-state index in [1.807, 2.05) is 6.08 Å². The summed E-state index contributed by atoms with van der Waals surface area (Å²) in [7, 11) is -1.08. The van der Waals surface area contributed by atoms with E-state index in [0.29, 0.717) is 0 Å². The van der Waals surface area contributed by atoms with E-state index in [4.69, 9.17) is 0 Å². The van der Waals surface area contributed by atoms with Crippen molar-refractivity contribution in [2.75, 3.05) is 0 Å². The maximum Gasteiger partial charge on any atom is 0.0836 e. The lowest BCUT2D eigenvalue weighted by atomic mass is 10.2. The highest BCUT2D eigenvalue weighted by Gasteiger charge is 2.30. The summed E-state index contributed by atoms with van der Waals surface area (Å²) >= 11 is 0. The average Bonchev–Trinajstić information content (AvgIpc) is 2.30. The Morgan fingerprint density at radius 3 is 2.20 bits per heavy atom. The van der Waals surface area contributed by atoms with Crippen LogP contribution in [-0.4, -0.2) is 8.07 Å². The van der Waals surface area contributed by atoms with Gasteiger partial charge in [-0.25, -0.2) is 0 Å². The Hall–Kier alpha value is -0.823. The lowest BCUT2D eigenvalue weighted by Gasteiger charge is -2.32. The molecule has 0 saturated carbocycles. The largest absolute Gasteiger partial charge is 0.0985 e. The topological polar surface area (TPSA) is 0 Å². The van der Waals surface area contributed by atoms with Crippen LogP contribution in [0.1, 0.15) is 24.8 Å². The van der Waals surface area contributed by atoms with E-state index in [1.165, 1.54) is 36.9 Å². The molecular formula is C14H20Si. The SMILES string of the molecule is C=Cc1ccc([Si]2(C)CCCCC2)cc1. The monoisotopic (exact) mass is 216 g/mol. The molecule has 0 radical (unpaired) electrons. The van der Waals surface area contributed by atoms with Crippen LogP contribution in [0.5, 0.6) is 0 Å². The van der Waals surface area contributed by atoms with E-state index in [2.05, 4.69) is 37.4 Å². The zero-order valence-corrected chi connectivity index (χ0v) is 10.6. The van der Waals surface area contributed by atoms with Gasteiger partial charge in [0.25, 0.3) is 0 Å². The van der Waals surface area contributed by atoms with Gasteiger partial charge < -0.3 is 0 Å². The summed E-state index contributed by atoms with van der Waals surface area (Å²) < 4.78 is 0. The standard InChI is InChI=1S/C14H20Si/c1-3-13-7-9-14(10-8-13)15(2)11-5-4-6-12-15/h3,7-10H,1,4-6,11-12H2,2H3. The van der Waals surface area contributed by atoms with Crippen LogP contribution < -0.4 is 5.19 Å². The molecule has 0 spiro atoms. The molecule has 0 aliphatic carbocycles. The summed E-state index contributed by atoms with van der Waals surface area (Å²) in [5.74, 6) is 0. The first kappa shape index (κ1) is 10.7. The van der Waals surface area contributed by atoms with Crippen LogP contribution in [0.4, 0.5) is 0 Å². The summed E-state index contributed by atoms with van der Waals surface area (Å²) in [4.78, 5) is 0. The molecule has 1 saturated heterocycles. The van der Waals surface area contributed by atoms with E-state index in [1.54, 1.807) is 5.19 Å². The molecular weight excluding hydrogens is 196 g/mol. The van der Waals surface area contributed by atoms with E-state index < -0.39 is 8.07 Å². The molecule has 15 heavy (non-hydrogen) atoms. The van der Waals surface area contributed by atoms with Gasteiger partial charge in [0.05, 0.1) is 8.07 Å². The van der Waals surface area contributed by atoms with Crippen molar-refractivity contribution in [1.29, 1.82) is 0 Å². The average molecular weight is 216 g/mol. The van der Waals surface area contributed by atoms with E-state index in [-0.39, 0.29) is 0 Å². The zero-order chi connectivity index (χ0) is 10.7. The van der Waals surface area contributed by atoms with E-state index in [0.717, 1.165) is 0 Å². The first-order valence-corrected chi connectivity index (χ1v) is 8.89. The van der Waals surface area contributed by atoms with Gasteiger partial charge in [-0.1, -0.05) is 80.0 Å². The Kier molecular flexibility index (Phi) is 3.10. The number of rotatable bonds is 2. The van der Waals surface area contributed by atoms with Gasteiger partial charge >= 0.3 is 0 Å². The van der Waals surface area contributed by atoms with Crippen LogP contribution in [-0.2, 0) is 0 Å². The van der Waals surface area contributed by atoms with Crippen molar-refractivity contribution in [1.82, 2.24) is 0 Å². The Morgan fingerprint density at radius 1 is 1.07 bits per heavy atom. The maximum absolute atomic E-state index is 3.80. The lowest BCUT2D eigenvalue weighted by molar-refractivity contribution is 0.717. The van der Waals surface area contributed by atoms with E-state index in [9.17, 15) is 0 Å². The Balaban J connectivity index is 2.23. The first-order valence-electron chi connectivity index (χ1n) is 5.98. The molecule has 2 rings (SSSR count). The van der Waals surface area contributed by atoms with Crippen molar-refractivity contribution in [3.05, 3.63) is 36.4 Å². The third-order valence-corrected chi connectivity index (χ3v) is 8.44. The fourth-order valence-electron chi connectivity index (χ4n) is 2.64. The minimum atomic E-state index is -1.08. The van der Waals surface area contributed by atoms with Crippen LogP contribution in [0.3, 0.4) is 0 Å². The highest BCUT2D eigenvalue weighted by atomic mass is 28.3. The molecule has 80 valence electrons. The van der Waals surface area contributed by atoms with Crippen molar-refractivity contribution >= 4 is 19.3 Å². The molecule has 0 unspecified atom stereocenters. The van der Waals surface area contributed by atoms with Gasteiger partial charge in [-0.2, -0.15) is 0 Å². The molecule has 0 amide bonds. The molecule has 0 bridgehead atoms. The smallest absolute Gasteiger partial charge is 0.0836 e. The number of benzene rings is 1. The maximum atomic E-state index is 3.80. The molecule has 1 fully saturated rings. The number of hydrogen-bond donors (Lipinski definition) is 0. The first-order chi connectivity index (χ1) is 7.24. The molecule has 0 nitrogen and oxygen atoms in total. The van der Waals surface area contributed by atoms with Gasteiger partial charge in [-0.15, -0.1) is 0 Å². The van der Waals surface area contributed by atoms with Crippen LogP contribution in [0, 0.1) is 0 Å². The molecule has 1 heteroatoms. The van der Waals surface area contributed by atoms with Crippen molar-refractivity contribution in [2.24, 2.45) is 0 Å². The Morgan fingerprint density at radius 2 is 1.67 bits per heavy atom. The van der Waals surface area contributed by atoms with Gasteiger partial charge in [0, 0.05) is 0 Å². The van der Waals surface area contributed by atoms with Gasteiger partial charge in [0.15, 0.2) is 0 Å². The zero-order valence-electron chi connectivity index (χ0n) is 9.63. The van der Waals surface area contributed by atoms with Gasteiger partial charge in [0.2, 0.25) is 0 Å². The Labute approximate surface area is 94.0 Å². The molecule has 0 N–H and O–H groups in total. The second kappa shape index (κ2) is 4.36. The van der Waals surface area contributed by atoms with Crippen LogP contribution in [0.2, 0.25) is 18.6 Å². The number of hydrogen-bond acceptors (Lipinski definition) is 0. The summed E-state index contributed by atoms with van der Waals surface area (Å²) in [5.41, 5.74) is 1.24. The van der Waals surface area contributed by atoms with Crippen LogP contribution >= 0.6 is 0 Å². The highest BCUT2D eigenvalue weighted by Crippen LogP contribution is 2.28. The lowest BCUT2D eigenvalue weighted by Crippen LogP contribution is -2.45. The van der Waals surface area contributed by atoms with Gasteiger partial charge in [-0.05, 0) is 5.56 Å². The minimum absolute atomic E-state index is 1.08. The predicted octanol–water partition coefficient (Wildman–Crippen LogP) is 3.80. The second-order valence-corrected chi connectivity index (χ2v) is 9.65. The quantitative estimate of drug-likeness (QED) is 0.660. The van der Waals surface area contributed by atoms with Crippen molar-refractivity contribution in [2.45, 2.75) is 37.9 Å². The third-order valence-electron chi connectivity index (χ3n) is 3.80. The van der Waals surface area contributed by atoms with Crippen LogP contribution in [0.15, 0.2) is 30.8 Å². The van der Waals surface area contributed by atoms with Gasteiger partial charge in [0.1, 0.15) is 0 Å². The summed E-state index contributed by atoms with van der Waals surface area (Å²) in [6.07, 6.45) is 6.28. The third kappa shape index (κ3) is 2.23. The van der Waals surface area contributed by atoms with E-state index >= 15 is 0 Å². The molecule has 0 aromatic heterocycles. The van der Waals surface area contributed by atoms with Crippen molar-refractivity contribution in [3.8, 4) is 0 Å². The molecule has 1 aliphatic heterocycles. The van der Waals surface area contributed by atoms with Crippen molar-refractivity contribution in [3.63, 3.8) is 0 Å². The molecule has 1 aromatic rings. The predicted molar refractivity (Wildman–Crippen MR) is 71.3 cm³/mol.